The number of amides is 1. The van der Waals surface area contributed by atoms with Gasteiger partial charge >= 0.3 is 0 Å². The molecule has 17 heavy (non-hydrogen) atoms. The largest absolute Gasteiger partial charge is 0.346 e. The molecule has 92 valence electrons. The van der Waals surface area contributed by atoms with Crippen molar-refractivity contribution in [1.82, 2.24) is 5.32 Å². The van der Waals surface area contributed by atoms with Crippen LogP contribution in [0.4, 0.5) is 0 Å². The lowest BCUT2D eigenvalue weighted by atomic mass is 10.2. The maximum atomic E-state index is 12.1. The van der Waals surface area contributed by atoms with E-state index in [9.17, 15) is 4.79 Å². The number of carbonyl (C=O) groups excluding carboxylic acids is 1. The predicted molar refractivity (Wildman–Crippen MR) is 76.5 cm³/mol. The van der Waals surface area contributed by atoms with E-state index in [2.05, 4.69) is 21.2 Å². The first-order valence-electron chi connectivity index (χ1n) is 5.32. The van der Waals surface area contributed by atoms with Gasteiger partial charge in [-0.05, 0) is 37.3 Å². The van der Waals surface area contributed by atoms with E-state index in [-0.39, 0.29) is 11.4 Å². The van der Waals surface area contributed by atoms with Crippen LogP contribution in [0.5, 0.6) is 0 Å². The Morgan fingerprint density at radius 3 is 2.82 bits per heavy atom. The van der Waals surface area contributed by atoms with E-state index in [1.54, 1.807) is 17.8 Å². The van der Waals surface area contributed by atoms with Crippen molar-refractivity contribution in [1.29, 1.82) is 0 Å². The Hall–Kier alpha value is -0.190. The van der Waals surface area contributed by atoms with Gasteiger partial charge in [0.15, 0.2) is 0 Å². The molecule has 1 N–H and O–H groups in total. The topological polar surface area (TPSA) is 29.1 Å². The van der Waals surface area contributed by atoms with Crippen LogP contribution in [0.3, 0.4) is 0 Å². The molecule has 0 aromatic heterocycles. The molecule has 1 amide bonds. The van der Waals surface area contributed by atoms with Crippen LogP contribution in [0, 0.1) is 0 Å². The first kappa shape index (κ1) is 13.2. The van der Waals surface area contributed by atoms with Crippen molar-refractivity contribution in [2.75, 3.05) is 11.6 Å². The second-order valence-corrected chi connectivity index (χ2v) is 6.06. The third-order valence-corrected chi connectivity index (χ3v) is 5.03. The zero-order valence-electron chi connectivity index (χ0n) is 9.43. The summed E-state index contributed by atoms with van der Waals surface area (Å²) >= 11 is 11.1. The molecule has 0 spiro atoms. The molecule has 0 heterocycles. The third kappa shape index (κ3) is 2.98. The van der Waals surface area contributed by atoms with Crippen molar-refractivity contribution in [3.8, 4) is 0 Å². The Morgan fingerprint density at radius 1 is 1.59 bits per heavy atom. The third-order valence-electron chi connectivity index (χ3n) is 2.91. The molecule has 2 rings (SSSR count). The molecular formula is C12H13BrClNOS. The number of rotatable bonds is 4. The molecule has 1 fully saturated rings. The van der Waals surface area contributed by atoms with E-state index >= 15 is 0 Å². The van der Waals surface area contributed by atoms with E-state index in [0.29, 0.717) is 10.6 Å². The lowest BCUT2D eigenvalue weighted by molar-refractivity contribution is 0.0936. The molecule has 1 aromatic rings. The lowest BCUT2D eigenvalue weighted by Crippen LogP contribution is -2.38. The van der Waals surface area contributed by atoms with E-state index < -0.39 is 0 Å². The van der Waals surface area contributed by atoms with Gasteiger partial charge in [0.05, 0.1) is 16.1 Å². The van der Waals surface area contributed by atoms with Gasteiger partial charge in [-0.3, -0.25) is 4.79 Å². The molecule has 1 aromatic carbocycles. The summed E-state index contributed by atoms with van der Waals surface area (Å²) in [7, 11) is 0. The van der Waals surface area contributed by atoms with Crippen LogP contribution >= 0.6 is 39.3 Å². The fourth-order valence-electron chi connectivity index (χ4n) is 1.56. The van der Waals surface area contributed by atoms with Gasteiger partial charge in [0.2, 0.25) is 0 Å². The van der Waals surface area contributed by atoms with Gasteiger partial charge in [0.1, 0.15) is 0 Å². The maximum Gasteiger partial charge on any atom is 0.253 e. The highest BCUT2D eigenvalue weighted by Gasteiger charge is 2.43. The quantitative estimate of drug-likeness (QED) is 0.671. The standard InChI is InChI=1S/C12H13BrClNOS/c1-17-8-2-3-10(14)9(6-8)11(16)15-12(7-13)4-5-12/h2-3,6H,4-5,7H2,1H3,(H,15,16). The summed E-state index contributed by atoms with van der Waals surface area (Å²) < 4.78 is 0. The number of carbonyl (C=O) groups is 1. The van der Waals surface area contributed by atoms with Crippen molar-refractivity contribution in [2.24, 2.45) is 0 Å². The minimum absolute atomic E-state index is 0.0459. The number of thioether (sulfide) groups is 1. The normalized spacial score (nSPS) is 16.6. The molecule has 0 saturated heterocycles. The second kappa shape index (κ2) is 5.21. The van der Waals surface area contributed by atoms with Crippen LogP contribution in [-0.4, -0.2) is 23.0 Å². The Labute approximate surface area is 119 Å². The van der Waals surface area contributed by atoms with Crippen LogP contribution in [-0.2, 0) is 0 Å². The maximum absolute atomic E-state index is 12.1. The van der Waals surface area contributed by atoms with Gasteiger partial charge in [-0.2, -0.15) is 0 Å². The summed E-state index contributed by atoms with van der Waals surface area (Å²) in [6.45, 7) is 0. The number of alkyl halides is 1. The predicted octanol–water partition coefficient (Wildman–Crippen LogP) is 3.72. The monoisotopic (exact) mass is 333 g/mol. The number of nitrogens with one attached hydrogen (secondary N) is 1. The van der Waals surface area contributed by atoms with Crippen molar-refractivity contribution >= 4 is 45.2 Å². The van der Waals surface area contributed by atoms with Crippen LogP contribution in [0.1, 0.15) is 23.2 Å². The number of hydrogen-bond donors (Lipinski definition) is 1. The SMILES string of the molecule is CSc1ccc(Cl)c(C(=O)NC2(CBr)CC2)c1. The summed E-state index contributed by atoms with van der Waals surface area (Å²) in [6, 6.07) is 5.53. The molecule has 5 heteroatoms. The summed E-state index contributed by atoms with van der Waals surface area (Å²) in [5.74, 6) is -0.0807. The van der Waals surface area contributed by atoms with Crippen molar-refractivity contribution < 1.29 is 4.79 Å². The molecule has 1 saturated carbocycles. The van der Waals surface area contributed by atoms with E-state index in [1.807, 2.05) is 18.4 Å². The Kier molecular flexibility index (Phi) is 4.06. The average molecular weight is 335 g/mol. The van der Waals surface area contributed by atoms with Crippen LogP contribution in [0.25, 0.3) is 0 Å². The molecule has 0 aliphatic heterocycles. The summed E-state index contributed by atoms with van der Waals surface area (Å²) in [5.41, 5.74) is 0.515. The van der Waals surface area contributed by atoms with Crippen molar-refractivity contribution in [3.05, 3.63) is 28.8 Å². The zero-order chi connectivity index (χ0) is 12.5. The van der Waals surface area contributed by atoms with Gasteiger partial charge < -0.3 is 5.32 Å². The van der Waals surface area contributed by atoms with Gasteiger partial charge in [-0.15, -0.1) is 11.8 Å². The van der Waals surface area contributed by atoms with Gasteiger partial charge in [-0.25, -0.2) is 0 Å². The average Bonchev–Trinajstić information content (AvgIpc) is 3.10. The summed E-state index contributed by atoms with van der Waals surface area (Å²) in [4.78, 5) is 13.2. The molecule has 0 unspecified atom stereocenters. The zero-order valence-corrected chi connectivity index (χ0v) is 12.6. The molecule has 1 aliphatic carbocycles. The number of halogens is 2. The van der Waals surface area contributed by atoms with Crippen LogP contribution < -0.4 is 5.32 Å². The Bertz CT molecular complexity index is 448. The first-order chi connectivity index (χ1) is 8.10. The molecular weight excluding hydrogens is 322 g/mol. The van der Waals surface area contributed by atoms with Gasteiger partial charge in [-0.1, -0.05) is 27.5 Å². The van der Waals surface area contributed by atoms with Gasteiger partial charge in [0, 0.05) is 10.2 Å². The summed E-state index contributed by atoms with van der Waals surface area (Å²) in [6.07, 6.45) is 4.04. The second-order valence-electron chi connectivity index (χ2n) is 4.21. The van der Waals surface area contributed by atoms with Crippen molar-refractivity contribution in [3.63, 3.8) is 0 Å². The smallest absolute Gasteiger partial charge is 0.253 e. The first-order valence-corrected chi connectivity index (χ1v) is 8.05. The molecule has 0 bridgehead atoms. The highest BCUT2D eigenvalue weighted by atomic mass is 79.9. The lowest BCUT2D eigenvalue weighted by Gasteiger charge is -2.15. The molecule has 0 atom stereocenters. The van der Waals surface area contributed by atoms with E-state index in [1.165, 1.54) is 0 Å². The Balaban J connectivity index is 2.18. The highest BCUT2D eigenvalue weighted by Crippen LogP contribution is 2.37. The fourth-order valence-corrected chi connectivity index (χ4v) is 2.90. The minimum atomic E-state index is -0.0807. The molecule has 2 nitrogen and oxygen atoms in total. The fraction of sp³-hybridized carbons (Fsp3) is 0.417. The Morgan fingerprint density at radius 2 is 2.29 bits per heavy atom. The number of benzene rings is 1. The van der Waals surface area contributed by atoms with Crippen LogP contribution in [0.2, 0.25) is 5.02 Å². The number of hydrogen-bond acceptors (Lipinski definition) is 2. The van der Waals surface area contributed by atoms with E-state index in [0.717, 1.165) is 23.1 Å². The summed E-state index contributed by atoms with van der Waals surface area (Å²) in [5, 5.41) is 4.35. The van der Waals surface area contributed by atoms with Crippen molar-refractivity contribution in [2.45, 2.75) is 23.3 Å². The highest BCUT2D eigenvalue weighted by molar-refractivity contribution is 9.09. The van der Waals surface area contributed by atoms with Gasteiger partial charge in [0.25, 0.3) is 5.91 Å². The van der Waals surface area contributed by atoms with E-state index in [4.69, 9.17) is 11.6 Å². The minimum Gasteiger partial charge on any atom is -0.346 e. The molecule has 0 radical (unpaired) electrons. The molecule has 1 aliphatic rings. The van der Waals surface area contributed by atoms with Crippen LogP contribution in [0.15, 0.2) is 23.1 Å².